The van der Waals surface area contributed by atoms with Crippen molar-refractivity contribution in [2.75, 3.05) is 12.8 Å². The molecule has 4 heteroatoms. The van der Waals surface area contributed by atoms with E-state index >= 15 is 0 Å². The number of rotatable bonds is 6. The van der Waals surface area contributed by atoms with Gasteiger partial charge in [-0.3, -0.25) is 4.79 Å². The molecule has 0 heterocycles. The van der Waals surface area contributed by atoms with Gasteiger partial charge in [0.15, 0.2) is 0 Å². The Morgan fingerprint density at radius 1 is 1.38 bits per heavy atom. The Hall–Kier alpha value is -0.690. The zero-order chi connectivity index (χ0) is 12.8. The Balaban J connectivity index is 4.45. The summed E-state index contributed by atoms with van der Waals surface area (Å²) in [5, 5.41) is 11.7. The van der Waals surface area contributed by atoms with Crippen molar-refractivity contribution in [3.05, 3.63) is 0 Å². The van der Waals surface area contributed by atoms with E-state index in [4.69, 9.17) is 5.26 Å². The Kier molecular flexibility index (Phi) is 5.88. The molecule has 0 spiro atoms. The lowest BCUT2D eigenvalue weighted by Crippen LogP contribution is -2.44. The smallest absolute Gasteiger partial charge is 0.239 e. The number of nitrogens with one attached hydrogen (secondary N) is 1. The minimum absolute atomic E-state index is 0.0984. The van der Waals surface area contributed by atoms with Crippen molar-refractivity contribution >= 4 is 17.7 Å². The Morgan fingerprint density at radius 3 is 2.19 bits per heavy atom. The maximum atomic E-state index is 11.7. The molecule has 0 aliphatic carbocycles. The Bertz CT molecular complexity index is 269. The average molecular weight is 242 g/mol. The maximum absolute atomic E-state index is 11.7. The highest BCUT2D eigenvalue weighted by atomic mass is 32.2. The molecule has 0 aliphatic rings. The lowest BCUT2D eigenvalue weighted by atomic mass is 9.94. The molecule has 1 amide bonds. The first kappa shape index (κ1) is 15.3. The van der Waals surface area contributed by atoms with Gasteiger partial charge in [-0.15, -0.1) is 0 Å². The zero-order valence-electron chi connectivity index (χ0n) is 10.9. The van der Waals surface area contributed by atoms with Crippen LogP contribution in [0.5, 0.6) is 0 Å². The molecular weight excluding hydrogens is 220 g/mol. The predicted octanol–water partition coefficient (Wildman–Crippen LogP) is 2.57. The summed E-state index contributed by atoms with van der Waals surface area (Å²) in [5.74, 6) is -0.185. The quantitative estimate of drug-likeness (QED) is 0.779. The number of amides is 1. The van der Waals surface area contributed by atoms with Gasteiger partial charge in [0.2, 0.25) is 5.91 Å². The second kappa shape index (κ2) is 6.15. The normalized spacial score (nSPS) is 12.0. The van der Waals surface area contributed by atoms with Crippen LogP contribution in [0.4, 0.5) is 0 Å². The summed E-state index contributed by atoms with van der Waals surface area (Å²) in [6, 6.07) is 2.01. The van der Waals surface area contributed by atoms with Crippen LogP contribution in [0.1, 0.15) is 40.5 Å². The van der Waals surface area contributed by atoms with Crippen molar-refractivity contribution in [2.24, 2.45) is 5.41 Å². The van der Waals surface area contributed by atoms with Gasteiger partial charge in [0.1, 0.15) is 5.41 Å². The van der Waals surface area contributed by atoms with Crippen LogP contribution in [0.15, 0.2) is 0 Å². The molecule has 3 nitrogen and oxygen atoms in total. The van der Waals surface area contributed by atoms with Gasteiger partial charge in [0, 0.05) is 11.3 Å². The highest BCUT2D eigenvalue weighted by Crippen LogP contribution is 2.29. The summed E-state index contributed by atoms with van der Waals surface area (Å²) < 4.78 is 0.0984. The Morgan fingerprint density at radius 2 is 1.88 bits per heavy atom. The van der Waals surface area contributed by atoms with Gasteiger partial charge in [0.05, 0.1) is 6.07 Å². The number of hydrogen-bond acceptors (Lipinski definition) is 3. The minimum Gasteiger partial charge on any atom is -0.353 e. The largest absolute Gasteiger partial charge is 0.353 e. The van der Waals surface area contributed by atoms with E-state index in [1.165, 1.54) is 0 Å². The lowest BCUT2D eigenvalue weighted by Gasteiger charge is -2.30. The summed E-state index contributed by atoms with van der Waals surface area (Å²) in [7, 11) is 0. The third kappa shape index (κ3) is 3.71. The molecule has 0 bridgehead atoms. The van der Waals surface area contributed by atoms with Crippen LogP contribution in [0.25, 0.3) is 0 Å². The molecule has 0 saturated heterocycles. The summed E-state index contributed by atoms with van der Waals surface area (Å²) in [4.78, 5) is 11.7. The number of nitrogens with zero attached hydrogens (tertiary/aromatic N) is 1. The molecule has 0 aromatic heterocycles. The van der Waals surface area contributed by atoms with E-state index in [0.717, 1.165) is 12.8 Å². The molecule has 0 radical (unpaired) electrons. The first-order chi connectivity index (χ1) is 7.37. The summed E-state index contributed by atoms with van der Waals surface area (Å²) in [5.41, 5.74) is -0.939. The van der Waals surface area contributed by atoms with Crippen LogP contribution in [-0.2, 0) is 4.79 Å². The minimum atomic E-state index is -0.939. The van der Waals surface area contributed by atoms with Gasteiger partial charge < -0.3 is 5.32 Å². The standard InChI is InChI=1S/C12H22N2OS/c1-6-12(7-2,16-5)9-14-10(15)11(3,4)8-13/h6-7,9H2,1-5H3,(H,14,15). The summed E-state index contributed by atoms with van der Waals surface area (Å²) in [6.45, 7) is 8.16. The van der Waals surface area contributed by atoms with E-state index in [-0.39, 0.29) is 10.7 Å². The van der Waals surface area contributed by atoms with E-state index in [0.29, 0.717) is 6.54 Å². The van der Waals surface area contributed by atoms with Crippen molar-refractivity contribution in [3.8, 4) is 6.07 Å². The van der Waals surface area contributed by atoms with Crippen LogP contribution in [0, 0.1) is 16.7 Å². The van der Waals surface area contributed by atoms with E-state index in [1.807, 2.05) is 6.07 Å². The fourth-order valence-corrected chi connectivity index (χ4v) is 2.17. The second-order valence-electron chi connectivity index (χ2n) is 4.51. The first-order valence-corrected chi connectivity index (χ1v) is 6.84. The predicted molar refractivity (Wildman–Crippen MR) is 69.2 cm³/mol. The molecule has 0 fully saturated rings. The van der Waals surface area contributed by atoms with Crippen molar-refractivity contribution in [3.63, 3.8) is 0 Å². The SMILES string of the molecule is CCC(CC)(CNC(=O)C(C)(C)C#N)SC. The first-order valence-electron chi connectivity index (χ1n) is 5.62. The maximum Gasteiger partial charge on any atom is 0.239 e. The molecule has 0 rings (SSSR count). The number of hydrogen-bond donors (Lipinski definition) is 1. The molecule has 92 valence electrons. The third-order valence-corrected chi connectivity index (χ3v) is 4.73. The van der Waals surface area contributed by atoms with Crippen LogP contribution in [0.3, 0.4) is 0 Å². The lowest BCUT2D eigenvalue weighted by molar-refractivity contribution is -0.126. The molecule has 0 unspecified atom stereocenters. The highest BCUT2D eigenvalue weighted by Gasteiger charge is 2.31. The molecule has 0 aliphatic heterocycles. The zero-order valence-corrected chi connectivity index (χ0v) is 11.7. The Labute approximate surface area is 103 Å². The van der Waals surface area contributed by atoms with Crippen molar-refractivity contribution in [2.45, 2.75) is 45.3 Å². The van der Waals surface area contributed by atoms with E-state index in [1.54, 1.807) is 25.6 Å². The van der Waals surface area contributed by atoms with Crippen molar-refractivity contribution in [1.29, 1.82) is 5.26 Å². The number of carbonyl (C=O) groups excluding carboxylic acids is 1. The second-order valence-corrected chi connectivity index (χ2v) is 5.79. The fourth-order valence-electron chi connectivity index (χ4n) is 1.37. The number of carbonyl (C=O) groups is 1. The van der Waals surface area contributed by atoms with Gasteiger partial charge >= 0.3 is 0 Å². The van der Waals surface area contributed by atoms with Crippen LogP contribution >= 0.6 is 11.8 Å². The van der Waals surface area contributed by atoms with E-state index < -0.39 is 5.41 Å². The van der Waals surface area contributed by atoms with Crippen LogP contribution in [0.2, 0.25) is 0 Å². The van der Waals surface area contributed by atoms with Gasteiger partial charge in [-0.25, -0.2) is 0 Å². The fraction of sp³-hybridized carbons (Fsp3) is 0.833. The van der Waals surface area contributed by atoms with E-state index in [2.05, 4.69) is 25.4 Å². The van der Waals surface area contributed by atoms with Gasteiger partial charge in [-0.2, -0.15) is 17.0 Å². The van der Waals surface area contributed by atoms with Crippen LogP contribution < -0.4 is 5.32 Å². The monoisotopic (exact) mass is 242 g/mol. The molecule has 1 N–H and O–H groups in total. The third-order valence-electron chi connectivity index (χ3n) is 3.14. The van der Waals surface area contributed by atoms with Gasteiger partial charge in [-0.05, 0) is 32.9 Å². The molecule has 0 aromatic carbocycles. The van der Waals surface area contributed by atoms with Crippen molar-refractivity contribution in [1.82, 2.24) is 5.32 Å². The van der Waals surface area contributed by atoms with Crippen LogP contribution in [-0.4, -0.2) is 23.5 Å². The highest BCUT2D eigenvalue weighted by molar-refractivity contribution is 8.00. The summed E-state index contributed by atoms with van der Waals surface area (Å²) >= 11 is 1.78. The number of thioether (sulfide) groups is 1. The molecule has 0 atom stereocenters. The average Bonchev–Trinajstić information content (AvgIpc) is 2.31. The van der Waals surface area contributed by atoms with Crippen molar-refractivity contribution < 1.29 is 4.79 Å². The molecule has 0 aromatic rings. The topological polar surface area (TPSA) is 52.9 Å². The van der Waals surface area contributed by atoms with Gasteiger partial charge in [0.25, 0.3) is 0 Å². The molecular formula is C12H22N2OS. The summed E-state index contributed by atoms with van der Waals surface area (Å²) in [6.07, 6.45) is 4.09. The molecule has 16 heavy (non-hydrogen) atoms. The van der Waals surface area contributed by atoms with E-state index in [9.17, 15) is 4.79 Å². The number of nitriles is 1. The molecule has 0 saturated carbocycles. The van der Waals surface area contributed by atoms with Gasteiger partial charge in [-0.1, -0.05) is 13.8 Å².